The van der Waals surface area contributed by atoms with Gasteiger partial charge < -0.3 is 14.5 Å². The van der Waals surface area contributed by atoms with Crippen molar-refractivity contribution in [3.8, 4) is 27.8 Å². The van der Waals surface area contributed by atoms with E-state index in [2.05, 4.69) is 16.4 Å². The van der Waals surface area contributed by atoms with Gasteiger partial charge in [0.2, 0.25) is 0 Å². The van der Waals surface area contributed by atoms with E-state index in [1.165, 1.54) is 11.3 Å². The van der Waals surface area contributed by atoms with Crippen molar-refractivity contribution in [2.45, 2.75) is 51.8 Å². The second-order valence-electron chi connectivity index (χ2n) is 10.5. The van der Waals surface area contributed by atoms with Gasteiger partial charge in [-0.15, -0.1) is 0 Å². The first-order chi connectivity index (χ1) is 18.0. The number of aryl methyl sites for hydroxylation is 1. The lowest BCUT2D eigenvalue weighted by Gasteiger charge is -2.34. The van der Waals surface area contributed by atoms with Gasteiger partial charge in [-0.3, -0.25) is 5.32 Å². The molecule has 2 saturated heterocycles. The Morgan fingerprint density at radius 1 is 1.13 bits per heavy atom. The number of hydrogen-bond donors (Lipinski definition) is 1. The van der Waals surface area contributed by atoms with E-state index >= 15 is 0 Å². The van der Waals surface area contributed by atoms with Crippen LogP contribution in [0.25, 0.3) is 21.7 Å². The highest BCUT2D eigenvalue weighted by Gasteiger charge is 2.48. The topological polar surface area (TPSA) is 111 Å². The molecule has 0 spiro atoms. The van der Waals surface area contributed by atoms with Crippen molar-refractivity contribution in [3.63, 3.8) is 0 Å². The van der Waals surface area contributed by atoms with Crippen LogP contribution < -0.4 is 5.32 Å². The molecule has 1 N–H and O–H groups in total. The van der Waals surface area contributed by atoms with Gasteiger partial charge in [-0.1, -0.05) is 35.1 Å². The van der Waals surface area contributed by atoms with Gasteiger partial charge in [0, 0.05) is 24.3 Å². The number of carbonyl (C=O) groups is 2. The minimum Gasteiger partial charge on any atom is -0.444 e. The molecule has 5 rings (SSSR count). The van der Waals surface area contributed by atoms with Gasteiger partial charge in [0.15, 0.2) is 5.13 Å². The van der Waals surface area contributed by atoms with Gasteiger partial charge >= 0.3 is 12.1 Å². The second-order valence-corrected chi connectivity index (χ2v) is 11.9. The fourth-order valence-corrected chi connectivity index (χ4v) is 6.10. The molecule has 1 aromatic carbocycles. The summed E-state index contributed by atoms with van der Waals surface area (Å²) in [5.41, 5.74) is 2.92. The van der Waals surface area contributed by atoms with Crippen LogP contribution in [0.15, 0.2) is 36.4 Å². The highest BCUT2D eigenvalue weighted by atomic mass is 35.5. The number of rotatable bonds is 3. The standard InChI is InChI=1S/C27H27ClN6O3S/c1-15-8-18(10-21(28)30-15)23-22(17-7-5-6-16(9-17)12-29)31-24(38-23)32-25(35)33-13-20-11-19(33)14-34(20)26(36)37-27(2,3)4/h5-10,19-20H,11,13-14H2,1-4H3,(H,31,32,35)/t19-,20-/m0/s1. The van der Waals surface area contributed by atoms with Crippen molar-refractivity contribution in [2.75, 3.05) is 18.4 Å². The highest BCUT2D eigenvalue weighted by Crippen LogP contribution is 2.40. The van der Waals surface area contributed by atoms with Crippen LogP contribution in [0.4, 0.5) is 14.7 Å². The predicted octanol–water partition coefficient (Wildman–Crippen LogP) is 5.93. The van der Waals surface area contributed by atoms with Crippen LogP contribution in [-0.4, -0.2) is 62.7 Å². The zero-order chi connectivity index (χ0) is 27.2. The largest absolute Gasteiger partial charge is 0.444 e. The quantitative estimate of drug-likeness (QED) is 0.404. The number of pyridine rings is 1. The molecule has 196 valence electrons. The molecule has 2 aliphatic rings. The van der Waals surface area contributed by atoms with Crippen LogP contribution in [0.5, 0.6) is 0 Å². The molecule has 11 heteroatoms. The molecular formula is C27H27ClN6O3S. The van der Waals surface area contributed by atoms with E-state index in [9.17, 15) is 14.9 Å². The maximum atomic E-state index is 13.3. The number of piperazine rings is 1. The molecule has 2 bridgehead atoms. The molecule has 2 atom stereocenters. The van der Waals surface area contributed by atoms with Crippen molar-refractivity contribution in [3.05, 3.63) is 52.8 Å². The number of likely N-dealkylation sites (tertiary alicyclic amines) is 2. The molecular weight excluding hydrogens is 524 g/mol. The SMILES string of the molecule is Cc1cc(-c2sc(NC(=O)N3C[C@@H]4C[C@H]3CN4C(=O)OC(C)(C)C)nc2-c2cccc(C#N)c2)cc(Cl)n1. The number of carbonyl (C=O) groups excluding carboxylic acids is 2. The third kappa shape index (κ3) is 5.30. The fraction of sp³-hybridized carbons (Fsp3) is 0.370. The second kappa shape index (κ2) is 9.89. The Hall–Kier alpha value is -3.68. The van der Waals surface area contributed by atoms with Crippen LogP contribution in [0.2, 0.25) is 5.15 Å². The Labute approximate surface area is 230 Å². The molecule has 0 unspecified atom stereocenters. The number of nitrogens with one attached hydrogen (secondary N) is 1. The summed E-state index contributed by atoms with van der Waals surface area (Å²) < 4.78 is 5.52. The van der Waals surface area contributed by atoms with Crippen LogP contribution in [-0.2, 0) is 4.74 Å². The summed E-state index contributed by atoms with van der Waals surface area (Å²) in [5.74, 6) is 0. The fourth-order valence-electron chi connectivity index (χ4n) is 4.88. The van der Waals surface area contributed by atoms with Gasteiger partial charge in [0.1, 0.15) is 10.8 Å². The summed E-state index contributed by atoms with van der Waals surface area (Å²) in [6, 6.07) is 12.6. The summed E-state index contributed by atoms with van der Waals surface area (Å²) in [4.78, 5) is 39.1. The number of fused-ring (bicyclic) bond motifs is 2. The lowest BCUT2D eigenvalue weighted by molar-refractivity contribution is 0.0156. The number of nitriles is 1. The monoisotopic (exact) mass is 550 g/mol. The number of amides is 3. The Morgan fingerprint density at radius 2 is 1.87 bits per heavy atom. The van der Waals surface area contributed by atoms with Crippen LogP contribution in [0, 0.1) is 18.3 Å². The number of ether oxygens (including phenoxy) is 1. The molecule has 0 saturated carbocycles. The average molecular weight is 551 g/mol. The summed E-state index contributed by atoms with van der Waals surface area (Å²) in [5, 5.41) is 13.1. The zero-order valence-corrected chi connectivity index (χ0v) is 23.1. The summed E-state index contributed by atoms with van der Waals surface area (Å²) >= 11 is 7.58. The molecule has 2 aliphatic heterocycles. The highest BCUT2D eigenvalue weighted by molar-refractivity contribution is 7.19. The van der Waals surface area contributed by atoms with E-state index in [1.54, 1.807) is 34.1 Å². The van der Waals surface area contributed by atoms with Crippen molar-refractivity contribution in [2.24, 2.45) is 0 Å². The maximum absolute atomic E-state index is 13.3. The van der Waals surface area contributed by atoms with Crippen molar-refractivity contribution >= 4 is 40.2 Å². The maximum Gasteiger partial charge on any atom is 0.410 e. The van der Waals surface area contributed by atoms with Crippen LogP contribution >= 0.6 is 22.9 Å². The molecule has 2 fully saturated rings. The van der Waals surface area contributed by atoms with E-state index in [0.29, 0.717) is 34.6 Å². The van der Waals surface area contributed by atoms with Gasteiger partial charge in [-0.2, -0.15) is 5.26 Å². The molecule has 2 aromatic heterocycles. The van der Waals surface area contributed by atoms with Gasteiger partial charge in [0.05, 0.1) is 34.3 Å². The van der Waals surface area contributed by atoms with Crippen molar-refractivity contribution < 1.29 is 14.3 Å². The van der Waals surface area contributed by atoms with Gasteiger partial charge in [-0.25, -0.2) is 19.6 Å². The lowest BCUT2D eigenvalue weighted by Crippen LogP contribution is -2.52. The van der Waals surface area contributed by atoms with Crippen LogP contribution in [0.3, 0.4) is 0 Å². The van der Waals surface area contributed by atoms with Gasteiger partial charge in [0.25, 0.3) is 0 Å². The minimum absolute atomic E-state index is 0.0707. The molecule has 38 heavy (non-hydrogen) atoms. The Kier molecular flexibility index (Phi) is 6.75. The van der Waals surface area contributed by atoms with E-state index in [4.69, 9.17) is 21.3 Å². The third-order valence-electron chi connectivity index (χ3n) is 6.42. The average Bonchev–Trinajstić information content (AvgIpc) is 3.57. The van der Waals surface area contributed by atoms with Gasteiger partial charge in [-0.05, 0) is 63.9 Å². The Balaban J connectivity index is 1.38. The number of thiazole rings is 1. The minimum atomic E-state index is -0.569. The third-order valence-corrected chi connectivity index (χ3v) is 7.63. The Bertz CT molecular complexity index is 1440. The van der Waals surface area contributed by atoms with Crippen molar-refractivity contribution in [1.29, 1.82) is 5.26 Å². The zero-order valence-electron chi connectivity index (χ0n) is 21.5. The number of urea groups is 1. The normalized spacial score (nSPS) is 18.4. The number of anilines is 1. The summed E-state index contributed by atoms with van der Waals surface area (Å²) in [7, 11) is 0. The van der Waals surface area contributed by atoms with E-state index in [0.717, 1.165) is 28.1 Å². The lowest BCUT2D eigenvalue weighted by atomic mass is 10.1. The number of halogens is 1. The predicted molar refractivity (Wildman–Crippen MR) is 146 cm³/mol. The number of aromatic nitrogens is 2. The van der Waals surface area contributed by atoms with E-state index in [1.807, 2.05) is 39.8 Å². The molecule has 9 nitrogen and oxygen atoms in total. The van der Waals surface area contributed by atoms with E-state index < -0.39 is 5.60 Å². The number of nitrogens with zero attached hydrogens (tertiary/aromatic N) is 5. The smallest absolute Gasteiger partial charge is 0.410 e. The van der Waals surface area contributed by atoms with Crippen molar-refractivity contribution in [1.82, 2.24) is 19.8 Å². The molecule has 3 amide bonds. The summed E-state index contributed by atoms with van der Waals surface area (Å²) in [6.07, 6.45) is 0.377. The first kappa shape index (κ1) is 25.9. The molecule has 0 radical (unpaired) electrons. The first-order valence-corrected chi connectivity index (χ1v) is 13.4. The van der Waals surface area contributed by atoms with Crippen LogP contribution in [0.1, 0.15) is 38.4 Å². The first-order valence-electron chi connectivity index (χ1n) is 12.2. The molecule has 3 aromatic rings. The number of benzene rings is 1. The van der Waals surface area contributed by atoms with E-state index in [-0.39, 0.29) is 24.2 Å². The Morgan fingerprint density at radius 3 is 2.53 bits per heavy atom. The molecule has 0 aliphatic carbocycles. The summed E-state index contributed by atoms with van der Waals surface area (Å²) in [6.45, 7) is 8.26. The number of hydrogen-bond acceptors (Lipinski definition) is 7. The molecule has 4 heterocycles.